The van der Waals surface area contributed by atoms with Gasteiger partial charge < -0.3 is 10.4 Å². The zero-order valence-electron chi connectivity index (χ0n) is 10.7. The van der Waals surface area contributed by atoms with Crippen LogP contribution in [-0.4, -0.2) is 33.7 Å². The van der Waals surface area contributed by atoms with E-state index in [1.807, 2.05) is 0 Å². The number of benzene rings is 1. The number of carboxylic acid groups (broad SMARTS) is 1. The highest BCUT2D eigenvalue weighted by Gasteiger charge is 2.11. The summed E-state index contributed by atoms with van der Waals surface area (Å²) in [6.45, 7) is 1.61. The number of carbonyl (C=O) groups excluding carboxylic acids is 1. The third kappa shape index (κ3) is 5.70. The largest absolute Gasteiger partial charge is 0.481 e. The van der Waals surface area contributed by atoms with Gasteiger partial charge in [0.25, 0.3) is 5.69 Å². The van der Waals surface area contributed by atoms with Gasteiger partial charge >= 0.3 is 5.97 Å². The van der Waals surface area contributed by atoms with Crippen LogP contribution in [0.1, 0.15) is 13.3 Å². The fourth-order valence-electron chi connectivity index (χ4n) is 1.44. The highest BCUT2D eigenvalue weighted by atomic mass is 32.2. The first kappa shape index (κ1) is 16.0. The van der Waals surface area contributed by atoms with Gasteiger partial charge in [-0.05, 0) is 19.1 Å². The SMILES string of the molecule is CC(CC(=O)O)NC(=O)CSc1ccc([N+](=O)[O-])cc1. The molecule has 1 unspecified atom stereocenters. The molecule has 0 spiro atoms. The zero-order valence-corrected chi connectivity index (χ0v) is 11.6. The summed E-state index contributed by atoms with van der Waals surface area (Å²) in [5, 5.41) is 21.6. The standard InChI is InChI=1S/C12H14N2O5S/c1-8(6-12(16)17)13-11(15)7-20-10-4-2-9(3-5-10)14(18)19/h2-5,8H,6-7H2,1H3,(H,13,15)(H,16,17). The predicted molar refractivity (Wildman–Crippen MR) is 73.7 cm³/mol. The summed E-state index contributed by atoms with van der Waals surface area (Å²) >= 11 is 1.23. The highest BCUT2D eigenvalue weighted by molar-refractivity contribution is 8.00. The average molecular weight is 298 g/mol. The number of hydrogen-bond donors (Lipinski definition) is 2. The van der Waals surface area contributed by atoms with Crippen molar-refractivity contribution in [3.8, 4) is 0 Å². The van der Waals surface area contributed by atoms with Crippen molar-refractivity contribution < 1.29 is 19.6 Å². The lowest BCUT2D eigenvalue weighted by Crippen LogP contribution is -2.35. The zero-order chi connectivity index (χ0) is 15.1. The van der Waals surface area contributed by atoms with E-state index in [1.165, 1.54) is 23.9 Å². The molecule has 1 aromatic rings. The van der Waals surface area contributed by atoms with Gasteiger partial charge in [-0.1, -0.05) is 0 Å². The lowest BCUT2D eigenvalue weighted by molar-refractivity contribution is -0.384. The fourth-order valence-corrected chi connectivity index (χ4v) is 2.15. The minimum Gasteiger partial charge on any atom is -0.481 e. The van der Waals surface area contributed by atoms with Crippen LogP contribution in [0.15, 0.2) is 29.2 Å². The third-order valence-corrected chi connectivity index (χ3v) is 3.32. The van der Waals surface area contributed by atoms with Crippen LogP contribution in [0, 0.1) is 10.1 Å². The Hall–Kier alpha value is -2.09. The molecule has 20 heavy (non-hydrogen) atoms. The molecule has 0 saturated carbocycles. The van der Waals surface area contributed by atoms with Gasteiger partial charge in [0, 0.05) is 23.1 Å². The predicted octanol–water partition coefficient (Wildman–Crippen LogP) is 1.67. The molecule has 1 aromatic carbocycles. The van der Waals surface area contributed by atoms with Crippen molar-refractivity contribution in [3.05, 3.63) is 34.4 Å². The van der Waals surface area contributed by atoms with Gasteiger partial charge in [-0.2, -0.15) is 0 Å². The van der Waals surface area contributed by atoms with E-state index in [2.05, 4.69) is 5.32 Å². The Morgan fingerprint density at radius 2 is 2.00 bits per heavy atom. The van der Waals surface area contributed by atoms with Gasteiger partial charge in [0.1, 0.15) is 0 Å². The van der Waals surface area contributed by atoms with E-state index in [0.717, 1.165) is 4.90 Å². The van der Waals surface area contributed by atoms with Crippen LogP contribution < -0.4 is 5.32 Å². The fraction of sp³-hybridized carbons (Fsp3) is 0.333. The molecule has 0 radical (unpaired) electrons. The summed E-state index contributed by atoms with van der Waals surface area (Å²) < 4.78 is 0. The molecule has 108 valence electrons. The van der Waals surface area contributed by atoms with Crippen LogP contribution in [0.25, 0.3) is 0 Å². The summed E-state index contributed by atoms with van der Waals surface area (Å²) in [4.78, 5) is 32.7. The van der Waals surface area contributed by atoms with Gasteiger partial charge in [-0.3, -0.25) is 19.7 Å². The van der Waals surface area contributed by atoms with E-state index in [9.17, 15) is 19.7 Å². The minimum absolute atomic E-state index is 0.00566. The summed E-state index contributed by atoms with van der Waals surface area (Å²) in [6.07, 6.45) is -0.131. The number of nitro groups is 1. The smallest absolute Gasteiger partial charge is 0.305 e. The molecule has 1 rings (SSSR count). The molecular weight excluding hydrogens is 284 g/mol. The van der Waals surface area contributed by atoms with Crippen molar-refractivity contribution in [1.29, 1.82) is 0 Å². The molecule has 1 atom stereocenters. The Kier molecular flexibility index (Phi) is 5.98. The third-order valence-electron chi connectivity index (χ3n) is 2.31. The number of thioether (sulfide) groups is 1. The normalized spacial score (nSPS) is 11.7. The summed E-state index contributed by atoms with van der Waals surface area (Å²) in [7, 11) is 0. The molecule has 0 aliphatic heterocycles. The Morgan fingerprint density at radius 3 is 2.50 bits per heavy atom. The Labute approximate surface area is 119 Å². The van der Waals surface area contributed by atoms with Crippen LogP contribution in [-0.2, 0) is 9.59 Å². The molecule has 0 fully saturated rings. The number of amides is 1. The van der Waals surface area contributed by atoms with Crippen LogP contribution >= 0.6 is 11.8 Å². The maximum Gasteiger partial charge on any atom is 0.305 e. The molecule has 0 saturated heterocycles. The van der Waals surface area contributed by atoms with E-state index >= 15 is 0 Å². The molecular formula is C12H14N2O5S. The first-order valence-electron chi connectivity index (χ1n) is 5.77. The Balaban J connectivity index is 2.40. The van der Waals surface area contributed by atoms with Crippen molar-refractivity contribution in [1.82, 2.24) is 5.32 Å². The van der Waals surface area contributed by atoms with Crippen LogP contribution in [0.4, 0.5) is 5.69 Å². The first-order valence-corrected chi connectivity index (χ1v) is 6.75. The summed E-state index contributed by atoms with van der Waals surface area (Å²) in [5.74, 6) is -1.12. The van der Waals surface area contributed by atoms with Crippen LogP contribution in [0.2, 0.25) is 0 Å². The van der Waals surface area contributed by atoms with E-state index in [1.54, 1.807) is 19.1 Å². The van der Waals surface area contributed by atoms with Gasteiger partial charge in [-0.15, -0.1) is 11.8 Å². The maximum atomic E-state index is 11.6. The minimum atomic E-state index is -0.971. The topological polar surface area (TPSA) is 110 Å². The maximum absolute atomic E-state index is 11.6. The lowest BCUT2D eigenvalue weighted by atomic mass is 10.2. The Morgan fingerprint density at radius 1 is 1.40 bits per heavy atom. The number of hydrogen-bond acceptors (Lipinski definition) is 5. The monoisotopic (exact) mass is 298 g/mol. The number of nitrogens with one attached hydrogen (secondary N) is 1. The van der Waals surface area contributed by atoms with Gasteiger partial charge in [0.15, 0.2) is 0 Å². The molecule has 8 heteroatoms. The van der Waals surface area contributed by atoms with Gasteiger partial charge in [0.05, 0.1) is 17.1 Å². The molecule has 0 bridgehead atoms. The molecule has 0 aromatic heterocycles. The van der Waals surface area contributed by atoms with Crippen LogP contribution in [0.3, 0.4) is 0 Å². The number of nitrogens with zero attached hydrogens (tertiary/aromatic N) is 1. The van der Waals surface area contributed by atoms with Crippen molar-refractivity contribution in [2.24, 2.45) is 0 Å². The second-order valence-electron chi connectivity index (χ2n) is 4.11. The number of rotatable bonds is 7. The van der Waals surface area contributed by atoms with E-state index in [4.69, 9.17) is 5.11 Å². The first-order chi connectivity index (χ1) is 9.38. The summed E-state index contributed by atoms with van der Waals surface area (Å²) in [6, 6.07) is 5.44. The van der Waals surface area contributed by atoms with Crippen LogP contribution in [0.5, 0.6) is 0 Å². The number of nitro benzene ring substituents is 1. The number of non-ortho nitro benzene ring substituents is 1. The van der Waals surface area contributed by atoms with E-state index in [-0.39, 0.29) is 23.8 Å². The van der Waals surface area contributed by atoms with Gasteiger partial charge in [-0.25, -0.2) is 0 Å². The molecule has 1 amide bonds. The Bertz CT molecular complexity index is 503. The summed E-state index contributed by atoms with van der Waals surface area (Å²) in [5.41, 5.74) is -0.00566. The highest BCUT2D eigenvalue weighted by Crippen LogP contribution is 2.21. The van der Waals surface area contributed by atoms with E-state index < -0.39 is 16.9 Å². The van der Waals surface area contributed by atoms with E-state index in [0.29, 0.717) is 0 Å². The molecule has 0 aliphatic carbocycles. The number of aliphatic carboxylic acids is 1. The number of carboxylic acids is 1. The van der Waals surface area contributed by atoms with Crippen molar-refractivity contribution in [2.75, 3.05) is 5.75 Å². The molecule has 0 heterocycles. The second kappa shape index (κ2) is 7.49. The van der Waals surface area contributed by atoms with Crippen molar-refractivity contribution >= 4 is 29.3 Å². The lowest BCUT2D eigenvalue weighted by Gasteiger charge is -2.11. The quantitative estimate of drug-likeness (QED) is 0.450. The second-order valence-corrected chi connectivity index (χ2v) is 5.15. The molecule has 0 aliphatic rings. The van der Waals surface area contributed by atoms with Gasteiger partial charge in [0.2, 0.25) is 5.91 Å². The number of carbonyl (C=O) groups is 2. The molecule has 2 N–H and O–H groups in total. The van der Waals surface area contributed by atoms with Crippen molar-refractivity contribution in [3.63, 3.8) is 0 Å². The van der Waals surface area contributed by atoms with Crippen molar-refractivity contribution in [2.45, 2.75) is 24.3 Å². The molecule has 7 nitrogen and oxygen atoms in total. The average Bonchev–Trinajstić information content (AvgIpc) is 2.35.